The molecule has 15 heavy (non-hydrogen) atoms. The molecule has 0 spiro atoms. The third kappa shape index (κ3) is 1.41. The smallest absolute Gasteiger partial charge is 0.314 e. The highest BCUT2D eigenvalue weighted by atomic mass is 19.1. The first kappa shape index (κ1) is 10.1. The summed E-state index contributed by atoms with van der Waals surface area (Å²) in [5.41, 5.74) is -1.06. The molecule has 0 unspecified atom stereocenters. The van der Waals surface area contributed by atoms with Crippen LogP contribution in [0, 0.1) is 5.82 Å². The molecule has 1 aromatic carbocycles. The van der Waals surface area contributed by atoms with Crippen LogP contribution in [0.4, 0.5) is 4.39 Å². The van der Waals surface area contributed by atoms with Crippen LogP contribution >= 0.6 is 0 Å². The molecule has 0 saturated heterocycles. The Kier molecular flexibility index (Phi) is 2.23. The zero-order chi connectivity index (χ0) is 11.1. The molecule has 1 aliphatic rings. The summed E-state index contributed by atoms with van der Waals surface area (Å²) in [5.74, 6) is -1.59. The van der Waals surface area contributed by atoms with Crippen LogP contribution in [-0.2, 0) is 10.2 Å². The first-order valence-electron chi connectivity index (χ1n) is 4.73. The number of aliphatic hydroxyl groups excluding tert-OH is 1. The first-order chi connectivity index (χ1) is 7.06. The second-order valence-electron chi connectivity index (χ2n) is 3.93. The van der Waals surface area contributed by atoms with E-state index in [0.29, 0.717) is 0 Å². The van der Waals surface area contributed by atoms with E-state index >= 15 is 0 Å². The SMILES string of the molecule is O=C(O)[C@]1(c2ccccc2F)C[C@H](O)C1. The average Bonchev–Trinajstić information content (AvgIpc) is 2.13. The maximum atomic E-state index is 13.4. The number of carboxylic acid groups (broad SMARTS) is 1. The Morgan fingerprint density at radius 3 is 2.47 bits per heavy atom. The molecule has 0 radical (unpaired) electrons. The molecule has 0 amide bonds. The van der Waals surface area contributed by atoms with Crippen LogP contribution < -0.4 is 0 Å². The van der Waals surface area contributed by atoms with Gasteiger partial charge in [0.25, 0.3) is 0 Å². The summed E-state index contributed by atoms with van der Waals surface area (Å²) in [6.45, 7) is 0. The van der Waals surface area contributed by atoms with Gasteiger partial charge in [-0.1, -0.05) is 18.2 Å². The highest BCUT2D eigenvalue weighted by Crippen LogP contribution is 2.44. The number of hydrogen-bond acceptors (Lipinski definition) is 2. The van der Waals surface area contributed by atoms with E-state index in [-0.39, 0.29) is 18.4 Å². The van der Waals surface area contributed by atoms with Gasteiger partial charge in [-0.25, -0.2) is 4.39 Å². The molecule has 4 heteroatoms. The van der Waals surface area contributed by atoms with Crippen molar-refractivity contribution in [2.75, 3.05) is 0 Å². The van der Waals surface area contributed by atoms with E-state index in [1.165, 1.54) is 18.2 Å². The van der Waals surface area contributed by atoms with Gasteiger partial charge in [-0.2, -0.15) is 0 Å². The van der Waals surface area contributed by atoms with E-state index < -0.39 is 23.3 Å². The van der Waals surface area contributed by atoms with Crippen LogP contribution in [0.5, 0.6) is 0 Å². The summed E-state index contributed by atoms with van der Waals surface area (Å²) in [5, 5.41) is 18.3. The maximum Gasteiger partial charge on any atom is 0.314 e. The van der Waals surface area contributed by atoms with Crippen molar-refractivity contribution in [1.82, 2.24) is 0 Å². The molecular formula is C11H11FO3. The van der Waals surface area contributed by atoms with E-state index in [9.17, 15) is 14.3 Å². The minimum absolute atomic E-state index is 0.0866. The predicted octanol–water partition coefficient (Wildman–Crippen LogP) is 1.30. The van der Waals surface area contributed by atoms with Crippen molar-refractivity contribution < 1.29 is 19.4 Å². The summed E-state index contributed by atoms with van der Waals surface area (Å²) >= 11 is 0. The van der Waals surface area contributed by atoms with Gasteiger partial charge >= 0.3 is 5.97 Å². The van der Waals surface area contributed by atoms with Crippen LogP contribution in [0.1, 0.15) is 18.4 Å². The number of rotatable bonds is 2. The average molecular weight is 210 g/mol. The molecule has 1 saturated carbocycles. The summed E-state index contributed by atoms with van der Waals surface area (Å²) in [4.78, 5) is 11.1. The largest absolute Gasteiger partial charge is 0.481 e. The van der Waals surface area contributed by atoms with E-state index in [2.05, 4.69) is 0 Å². The topological polar surface area (TPSA) is 57.5 Å². The lowest BCUT2D eigenvalue weighted by Crippen LogP contribution is -2.51. The summed E-state index contributed by atoms with van der Waals surface area (Å²) in [6.07, 6.45) is -0.465. The second-order valence-corrected chi connectivity index (χ2v) is 3.93. The summed E-state index contributed by atoms with van der Waals surface area (Å²) in [6, 6.07) is 5.83. The molecule has 0 bridgehead atoms. The van der Waals surface area contributed by atoms with Gasteiger partial charge in [-0.05, 0) is 18.9 Å². The number of carboxylic acids is 1. The van der Waals surface area contributed by atoms with Crippen LogP contribution in [0.3, 0.4) is 0 Å². The molecule has 0 aromatic heterocycles. The van der Waals surface area contributed by atoms with E-state index in [4.69, 9.17) is 5.11 Å². The highest BCUT2D eigenvalue weighted by molar-refractivity contribution is 5.83. The van der Waals surface area contributed by atoms with Gasteiger partial charge in [0.05, 0.1) is 6.10 Å². The number of carbonyl (C=O) groups is 1. The predicted molar refractivity (Wildman–Crippen MR) is 51.0 cm³/mol. The molecule has 0 aliphatic heterocycles. The minimum Gasteiger partial charge on any atom is -0.481 e. The number of hydrogen-bond donors (Lipinski definition) is 2. The molecular weight excluding hydrogens is 199 g/mol. The quantitative estimate of drug-likeness (QED) is 0.773. The molecule has 0 atom stereocenters. The molecule has 1 aromatic rings. The van der Waals surface area contributed by atoms with Crippen molar-refractivity contribution in [1.29, 1.82) is 0 Å². The molecule has 1 aliphatic carbocycles. The van der Waals surface area contributed by atoms with Gasteiger partial charge in [-0.15, -0.1) is 0 Å². The second kappa shape index (κ2) is 3.31. The van der Waals surface area contributed by atoms with Crippen molar-refractivity contribution >= 4 is 5.97 Å². The van der Waals surface area contributed by atoms with Crippen LogP contribution in [0.2, 0.25) is 0 Å². The molecule has 80 valence electrons. The number of aliphatic carboxylic acids is 1. The fourth-order valence-electron chi connectivity index (χ4n) is 2.10. The number of halogens is 1. The lowest BCUT2D eigenvalue weighted by molar-refractivity contribution is -0.153. The maximum absolute atomic E-state index is 13.4. The summed E-state index contributed by atoms with van der Waals surface area (Å²) in [7, 11) is 0. The zero-order valence-corrected chi connectivity index (χ0v) is 7.98. The van der Waals surface area contributed by atoms with E-state index in [0.717, 1.165) is 0 Å². The van der Waals surface area contributed by atoms with E-state index in [1.807, 2.05) is 0 Å². The third-order valence-corrected chi connectivity index (χ3v) is 2.97. The number of aliphatic hydroxyl groups is 1. The van der Waals surface area contributed by atoms with Crippen molar-refractivity contribution in [2.45, 2.75) is 24.4 Å². The lowest BCUT2D eigenvalue weighted by atomic mass is 9.62. The fraction of sp³-hybridized carbons (Fsp3) is 0.364. The monoisotopic (exact) mass is 210 g/mol. The molecule has 2 rings (SSSR count). The minimum atomic E-state index is -1.23. The van der Waals surface area contributed by atoms with Crippen molar-refractivity contribution in [3.05, 3.63) is 35.6 Å². The standard InChI is InChI=1S/C11H11FO3/c12-9-4-2-1-3-8(9)11(10(14)15)5-7(13)6-11/h1-4,7,13H,5-6H2,(H,14,15)/t7-,11+. The number of benzene rings is 1. The third-order valence-electron chi connectivity index (χ3n) is 2.97. The normalized spacial score (nSPS) is 29.6. The van der Waals surface area contributed by atoms with Crippen molar-refractivity contribution in [2.24, 2.45) is 0 Å². The van der Waals surface area contributed by atoms with Crippen LogP contribution in [0.15, 0.2) is 24.3 Å². The van der Waals surface area contributed by atoms with Crippen LogP contribution in [0.25, 0.3) is 0 Å². The Morgan fingerprint density at radius 1 is 1.40 bits per heavy atom. The Bertz CT molecular complexity index is 397. The van der Waals surface area contributed by atoms with Crippen molar-refractivity contribution in [3.63, 3.8) is 0 Å². The Hall–Kier alpha value is -1.42. The van der Waals surface area contributed by atoms with Gasteiger partial charge in [0, 0.05) is 5.56 Å². The Labute approximate surface area is 86.2 Å². The van der Waals surface area contributed by atoms with Gasteiger partial charge in [-0.3, -0.25) is 4.79 Å². The van der Waals surface area contributed by atoms with Gasteiger partial charge < -0.3 is 10.2 Å². The first-order valence-corrected chi connectivity index (χ1v) is 4.73. The van der Waals surface area contributed by atoms with Gasteiger partial charge in [0.1, 0.15) is 11.2 Å². The Morgan fingerprint density at radius 2 is 2.00 bits per heavy atom. The van der Waals surface area contributed by atoms with Gasteiger partial charge in [0.15, 0.2) is 0 Å². The summed E-state index contributed by atoms with van der Waals surface area (Å²) < 4.78 is 13.4. The van der Waals surface area contributed by atoms with Gasteiger partial charge in [0.2, 0.25) is 0 Å². The molecule has 0 heterocycles. The highest BCUT2D eigenvalue weighted by Gasteiger charge is 2.52. The fourth-order valence-corrected chi connectivity index (χ4v) is 2.10. The molecule has 1 fully saturated rings. The van der Waals surface area contributed by atoms with Crippen molar-refractivity contribution in [3.8, 4) is 0 Å². The van der Waals surface area contributed by atoms with E-state index in [1.54, 1.807) is 6.07 Å². The molecule has 2 N–H and O–H groups in total. The zero-order valence-electron chi connectivity index (χ0n) is 7.98. The molecule has 3 nitrogen and oxygen atoms in total. The lowest BCUT2D eigenvalue weighted by Gasteiger charge is -2.42. The Balaban J connectivity index is 2.43. The van der Waals surface area contributed by atoms with Crippen LogP contribution in [-0.4, -0.2) is 22.3 Å².